The highest BCUT2D eigenvalue weighted by Gasteiger charge is 2.32. The van der Waals surface area contributed by atoms with Crippen LogP contribution >= 0.6 is 8.58 Å². The van der Waals surface area contributed by atoms with Gasteiger partial charge < -0.3 is 19.1 Å². The molecule has 0 spiro atoms. The van der Waals surface area contributed by atoms with Crippen molar-refractivity contribution in [2.45, 2.75) is 38.6 Å². The van der Waals surface area contributed by atoms with Gasteiger partial charge in [0.05, 0.1) is 14.2 Å². The zero-order valence-electron chi connectivity index (χ0n) is 20.6. The Kier molecular flexibility index (Phi) is 8.77. The molecule has 0 saturated carbocycles. The number of hydrogen-bond acceptors (Lipinski definition) is 4. The van der Waals surface area contributed by atoms with Crippen LogP contribution in [0.25, 0.3) is 0 Å². The summed E-state index contributed by atoms with van der Waals surface area (Å²) in [6.07, 6.45) is 0.958. The molecule has 2 atom stereocenters. The molecule has 3 aromatic carbocycles. The van der Waals surface area contributed by atoms with Crippen molar-refractivity contribution in [3.05, 3.63) is 83.4 Å². The predicted molar refractivity (Wildman–Crippen MR) is 140 cm³/mol. The summed E-state index contributed by atoms with van der Waals surface area (Å²) in [5, 5.41) is 1.24. The summed E-state index contributed by atoms with van der Waals surface area (Å²) in [4.78, 5) is 2.22. The highest BCUT2D eigenvalue weighted by atomic mass is 31.1. The largest absolute Gasteiger partial charge is 0.497 e. The third kappa shape index (κ3) is 6.28. The molecule has 5 heteroatoms. The minimum atomic E-state index is -0.143. The first kappa shape index (κ1) is 25.1. The molecule has 0 aromatic heterocycles. The molecule has 4 nitrogen and oxygen atoms in total. The fraction of sp³-hybridized carbons (Fsp3) is 0.357. The molecule has 0 bridgehead atoms. The SMILES string of the molecule is CCC(C)(Pc1ccccc1CN(C)C)c1cc(OC)cc(OC)c1OCc1ccccc1. The standard InChI is InChI=1S/C28H36NO3P/c1-7-28(2,33-26-16-12-11-15-22(26)19-29(3)4)24-17-23(30-5)18-25(31-6)27(24)32-20-21-13-9-8-10-14-21/h8-18,33H,7,19-20H2,1-6H3. The topological polar surface area (TPSA) is 30.9 Å². The summed E-state index contributed by atoms with van der Waals surface area (Å²) in [7, 11) is 8.18. The van der Waals surface area contributed by atoms with Crippen molar-refractivity contribution in [2.75, 3.05) is 28.3 Å². The van der Waals surface area contributed by atoms with Crippen molar-refractivity contribution < 1.29 is 14.2 Å². The smallest absolute Gasteiger partial charge is 0.166 e. The van der Waals surface area contributed by atoms with Crippen molar-refractivity contribution >= 4 is 13.9 Å². The van der Waals surface area contributed by atoms with E-state index in [1.165, 1.54) is 10.9 Å². The summed E-state index contributed by atoms with van der Waals surface area (Å²) >= 11 is 0. The van der Waals surface area contributed by atoms with Crippen LogP contribution in [0.15, 0.2) is 66.7 Å². The Morgan fingerprint density at radius 2 is 1.61 bits per heavy atom. The molecule has 0 aliphatic rings. The first-order valence-corrected chi connectivity index (χ1v) is 12.3. The summed E-state index contributed by atoms with van der Waals surface area (Å²) in [6, 6.07) is 23.0. The molecule has 0 radical (unpaired) electrons. The second kappa shape index (κ2) is 11.5. The minimum Gasteiger partial charge on any atom is -0.497 e. The first-order valence-electron chi connectivity index (χ1n) is 11.3. The van der Waals surface area contributed by atoms with Gasteiger partial charge in [0.15, 0.2) is 11.5 Å². The number of nitrogens with zero attached hydrogens (tertiary/aromatic N) is 1. The summed E-state index contributed by atoms with van der Waals surface area (Å²) in [5.41, 5.74) is 3.61. The number of methoxy groups -OCH3 is 2. The van der Waals surface area contributed by atoms with Gasteiger partial charge in [0, 0.05) is 23.3 Å². The summed E-state index contributed by atoms with van der Waals surface area (Å²) in [6.45, 7) is 5.97. The Balaban J connectivity index is 2.05. The first-order chi connectivity index (χ1) is 15.9. The van der Waals surface area contributed by atoms with E-state index in [1.807, 2.05) is 24.3 Å². The van der Waals surface area contributed by atoms with E-state index in [0.717, 1.165) is 35.6 Å². The van der Waals surface area contributed by atoms with E-state index in [-0.39, 0.29) is 5.16 Å². The molecule has 176 valence electrons. The molecule has 0 N–H and O–H groups in total. The molecule has 3 rings (SSSR count). The lowest BCUT2D eigenvalue weighted by molar-refractivity contribution is 0.277. The van der Waals surface area contributed by atoms with Crippen molar-refractivity contribution in [2.24, 2.45) is 0 Å². The average molecular weight is 466 g/mol. The molecule has 2 unspecified atom stereocenters. The predicted octanol–water partition coefficient (Wildman–Crippen LogP) is 5.97. The molecule has 0 fully saturated rings. The van der Waals surface area contributed by atoms with E-state index in [1.54, 1.807) is 14.2 Å². The zero-order valence-corrected chi connectivity index (χ0v) is 21.6. The average Bonchev–Trinajstić information content (AvgIpc) is 2.83. The molecule has 0 aliphatic heterocycles. The van der Waals surface area contributed by atoms with E-state index in [4.69, 9.17) is 14.2 Å². The van der Waals surface area contributed by atoms with Crippen LogP contribution in [0.3, 0.4) is 0 Å². The van der Waals surface area contributed by atoms with Crippen molar-refractivity contribution in [1.82, 2.24) is 4.90 Å². The number of hydrogen-bond donors (Lipinski definition) is 0. The summed E-state index contributed by atoms with van der Waals surface area (Å²) < 4.78 is 17.9. The minimum absolute atomic E-state index is 0.143. The van der Waals surface area contributed by atoms with Crippen LogP contribution < -0.4 is 19.5 Å². The summed E-state index contributed by atoms with van der Waals surface area (Å²) in [5.74, 6) is 2.27. The van der Waals surface area contributed by atoms with Crippen molar-refractivity contribution in [3.8, 4) is 17.2 Å². The molecule has 3 aromatic rings. The second-order valence-electron chi connectivity index (χ2n) is 8.69. The van der Waals surface area contributed by atoms with Gasteiger partial charge in [0.1, 0.15) is 12.4 Å². The fourth-order valence-electron chi connectivity index (χ4n) is 3.90. The maximum atomic E-state index is 6.44. The normalized spacial score (nSPS) is 13.3. The monoisotopic (exact) mass is 465 g/mol. The highest BCUT2D eigenvalue weighted by Crippen LogP contribution is 2.51. The van der Waals surface area contributed by atoms with Gasteiger partial charge in [-0.25, -0.2) is 0 Å². The van der Waals surface area contributed by atoms with Crippen LogP contribution in [0, 0.1) is 0 Å². The lowest BCUT2D eigenvalue weighted by Crippen LogP contribution is -2.23. The van der Waals surface area contributed by atoms with Crippen LogP contribution in [0.4, 0.5) is 0 Å². The van der Waals surface area contributed by atoms with Gasteiger partial charge in [-0.2, -0.15) is 0 Å². The molecule has 0 aliphatic carbocycles. The lowest BCUT2D eigenvalue weighted by Gasteiger charge is -2.33. The Bertz CT molecular complexity index is 1040. The van der Waals surface area contributed by atoms with E-state index in [0.29, 0.717) is 20.9 Å². The van der Waals surface area contributed by atoms with Gasteiger partial charge in [-0.1, -0.05) is 77.0 Å². The molecule has 0 amide bonds. The van der Waals surface area contributed by atoms with E-state index in [2.05, 4.69) is 75.3 Å². The van der Waals surface area contributed by atoms with Crippen LogP contribution in [0.5, 0.6) is 17.2 Å². The molecule has 0 heterocycles. The van der Waals surface area contributed by atoms with Crippen molar-refractivity contribution in [3.63, 3.8) is 0 Å². The van der Waals surface area contributed by atoms with Crippen LogP contribution in [-0.4, -0.2) is 33.2 Å². The molecular weight excluding hydrogens is 429 g/mol. The number of benzene rings is 3. The Hall–Kier alpha value is -2.55. The van der Waals surface area contributed by atoms with E-state index >= 15 is 0 Å². The third-order valence-electron chi connectivity index (χ3n) is 5.93. The lowest BCUT2D eigenvalue weighted by atomic mass is 9.95. The van der Waals surface area contributed by atoms with E-state index in [9.17, 15) is 0 Å². The zero-order chi connectivity index (χ0) is 23.8. The molecular formula is C28H36NO3P. The third-order valence-corrected chi connectivity index (χ3v) is 7.86. The maximum Gasteiger partial charge on any atom is 0.166 e. The molecule has 0 saturated heterocycles. The van der Waals surface area contributed by atoms with Gasteiger partial charge in [0.25, 0.3) is 0 Å². The van der Waals surface area contributed by atoms with Gasteiger partial charge in [0.2, 0.25) is 0 Å². The van der Waals surface area contributed by atoms with Gasteiger partial charge in [-0.05, 0) is 43.0 Å². The Morgan fingerprint density at radius 3 is 2.24 bits per heavy atom. The number of ether oxygens (including phenoxy) is 3. The van der Waals surface area contributed by atoms with Gasteiger partial charge in [-0.15, -0.1) is 0 Å². The van der Waals surface area contributed by atoms with Gasteiger partial charge in [-0.3, -0.25) is 0 Å². The Morgan fingerprint density at radius 1 is 0.909 bits per heavy atom. The Labute approximate surface area is 200 Å². The van der Waals surface area contributed by atoms with Crippen molar-refractivity contribution in [1.29, 1.82) is 0 Å². The van der Waals surface area contributed by atoms with Crippen LogP contribution in [0.1, 0.15) is 37.0 Å². The quantitative estimate of drug-likeness (QED) is 0.326. The second-order valence-corrected chi connectivity index (χ2v) is 10.6. The van der Waals surface area contributed by atoms with Gasteiger partial charge >= 0.3 is 0 Å². The van der Waals surface area contributed by atoms with Crippen LogP contribution in [0.2, 0.25) is 0 Å². The fourth-order valence-corrected chi connectivity index (χ4v) is 5.49. The van der Waals surface area contributed by atoms with Crippen LogP contribution in [-0.2, 0) is 18.3 Å². The highest BCUT2D eigenvalue weighted by molar-refractivity contribution is 7.48. The molecule has 33 heavy (non-hydrogen) atoms. The number of rotatable bonds is 11. The maximum absolute atomic E-state index is 6.44. The van der Waals surface area contributed by atoms with E-state index < -0.39 is 0 Å².